The average Bonchev–Trinajstić information content (AvgIpc) is 2.93. The minimum absolute atomic E-state index is 0.303. The molecule has 2 aromatic heterocycles. The van der Waals surface area contributed by atoms with E-state index in [4.69, 9.17) is 11.6 Å². The highest BCUT2D eigenvalue weighted by Crippen LogP contribution is 2.32. The van der Waals surface area contributed by atoms with E-state index in [0.717, 1.165) is 16.8 Å². The molecule has 0 saturated heterocycles. The molecule has 0 saturated carbocycles. The van der Waals surface area contributed by atoms with E-state index in [9.17, 15) is 9.50 Å². The Bertz CT molecular complexity index is 934. The molecule has 1 aliphatic rings. The van der Waals surface area contributed by atoms with Crippen LogP contribution in [0.3, 0.4) is 0 Å². The van der Waals surface area contributed by atoms with Crippen LogP contribution in [-0.2, 0) is 13.1 Å². The van der Waals surface area contributed by atoms with Crippen LogP contribution in [0.25, 0.3) is 11.1 Å². The van der Waals surface area contributed by atoms with Crippen LogP contribution in [0.1, 0.15) is 23.0 Å². The van der Waals surface area contributed by atoms with Gasteiger partial charge in [0.2, 0.25) is 0 Å². The van der Waals surface area contributed by atoms with Gasteiger partial charge in [-0.05, 0) is 23.8 Å². The highest BCUT2D eigenvalue weighted by molar-refractivity contribution is 6.30. The van der Waals surface area contributed by atoms with Crippen molar-refractivity contribution < 1.29 is 9.50 Å². The Morgan fingerprint density at radius 2 is 2.08 bits per heavy atom. The number of pyridine rings is 2. The lowest BCUT2D eigenvalue weighted by atomic mass is 10.0. The standard InChI is InChI=1S/C19H15ClFN3O/c20-15-6-14(8-22-9-15)12-3-4-13(17(21)7-12)10-24-11-18-16(19(24)25)2-1-5-23-18/h1-9,19,25H,10-11H2. The fourth-order valence-electron chi connectivity index (χ4n) is 3.08. The summed E-state index contributed by atoms with van der Waals surface area (Å²) in [5.41, 5.74) is 3.60. The Morgan fingerprint density at radius 1 is 1.20 bits per heavy atom. The van der Waals surface area contributed by atoms with Crippen molar-refractivity contribution in [3.05, 3.63) is 82.6 Å². The first-order chi connectivity index (χ1) is 12.1. The average molecular weight is 356 g/mol. The van der Waals surface area contributed by atoms with Crippen molar-refractivity contribution in [3.63, 3.8) is 0 Å². The van der Waals surface area contributed by atoms with Crippen LogP contribution in [0.15, 0.2) is 55.0 Å². The summed E-state index contributed by atoms with van der Waals surface area (Å²) in [7, 11) is 0. The number of fused-ring (bicyclic) bond motifs is 1. The second kappa shape index (κ2) is 6.52. The maximum absolute atomic E-state index is 14.6. The second-order valence-electron chi connectivity index (χ2n) is 6.02. The molecule has 4 nitrogen and oxygen atoms in total. The summed E-state index contributed by atoms with van der Waals surface area (Å²) in [6.45, 7) is 0.800. The fraction of sp³-hybridized carbons (Fsp3) is 0.158. The smallest absolute Gasteiger partial charge is 0.136 e. The van der Waals surface area contributed by atoms with E-state index < -0.39 is 6.23 Å². The number of aromatic nitrogens is 2. The number of halogens is 2. The minimum Gasteiger partial charge on any atom is -0.374 e. The van der Waals surface area contributed by atoms with Gasteiger partial charge in [0.05, 0.1) is 10.7 Å². The van der Waals surface area contributed by atoms with Gasteiger partial charge in [0, 0.05) is 48.4 Å². The normalized spacial score (nSPS) is 16.8. The van der Waals surface area contributed by atoms with E-state index in [0.29, 0.717) is 29.2 Å². The molecule has 1 N–H and O–H groups in total. The van der Waals surface area contributed by atoms with Gasteiger partial charge in [-0.1, -0.05) is 29.8 Å². The molecule has 3 aromatic rings. The third kappa shape index (κ3) is 3.14. The van der Waals surface area contributed by atoms with Crippen LogP contribution in [0.2, 0.25) is 5.02 Å². The van der Waals surface area contributed by atoms with Crippen LogP contribution >= 0.6 is 11.6 Å². The fourth-order valence-corrected chi connectivity index (χ4v) is 3.25. The van der Waals surface area contributed by atoms with Crippen molar-refractivity contribution >= 4 is 11.6 Å². The molecule has 0 radical (unpaired) electrons. The summed E-state index contributed by atoms with van der Waals surface area (Å²) in [6, 6.07) is 10.4. The summed E-state index contributed by atoms with van der Waals surface area (Å²) in [5, 5.41) is 10.9. The number of rotatable bonds is 3. The van der Waals surface area contributed by atoms with Crippen molar-refractivity contribution in [2.45, 2.75) is 19.3 Å². The summed E-state index contributed by atoms with van der Waals surface area (Å²) in [6.07, 6.45) is 4.12. The van der Waals surface area contributed by atoms with Crippen LogP contribution in [0.4, 0.5) is 4.39 Å². The van der Waals surface area contributed by atoms with Gasteiger partial charge in [0.15, 0.2) is 0 Å². The maximum Gasteiger partial charge on any atom is 0.136 e. The van der Waals surface area contributed by atoms with E-state index in [2.05, 4.69) is 9.97 Å². The molecule has 0 aliphatic carbocycles. The molecule has 0 fully saturated rings. The van der Waals surface area contributed by atoms with Gasteiger partial charge < -0.3 is 5.11 Å². The monoisotopic (exact) mass is 355 g/mol. The SMILES string of the molecule is OC1c2cccnc2CN1Cc1ccc(-c2cncc(Cl)c2)cc1F. The topological polar surface area (TPSA) is 49.3 Å². The molecule has 4 rings (SSSR count). The Balaban J connectivity index is 1.57. The molecule has 6 heteroatoms. The van der Waals surface area contributed by atoms with Crippen molar-refractivity contribution in [1.82, 2.24) is 14.9 Å². The zero-order valence-electron chi connectivity index (χ0n) is 13.2. The second-order valence-corrected chi connectivity index (χ2v) is 6.45. The number of aliphatic hydroxyl groups excluding tert-OH is 1. The zero-order valence-corrected chi connectivity index (χ0v) is 14.0. The first-order valence-electron chi connectivity index (χ1n) is 7.87. The van der Waals surface area contributed by atoms with Gasteiger partial charge in [0.1, 0.15) is 12.0 Å². The number of aliphatic hydroxyl groups is 1. The van der Waals surface area contributed by atoms with Crippen molar-refractivity contribution in [1.29, 1.82) is 0 Å². The number of benzene rings is 1. The largest absolute Gasteiger partial charge is 0.374 e. The highest BCUT2D eigenvalue weighted by atomic mass is 35.5. The summed E-state index contributed by atoms with van der Waals surface area (Å²) < 4.78 is 14.6. The molecule has 1 aliphatic heterocycles. The third-order valence-corrected chi connectivity index (χ3v) is 4.57. The molecule has 3 heterocycles. The van der Waals surface area contributed by atoms with Crippen molar-refractivity contribution in [3.8, 4) is 11.1 Å². The van der Waals surface area contributed by atoms with Gasteiger partial charge in [-0.3, -0.25) is 14.9 Å². The first-order valence-corrected chi connectivity index (χ1v) is 8.25. The Morgan fingerprint density at radius 3 is 2.84 bits per heavy atom. The molecule has 0 amide bonds. The quantitative estimate of drug-likeness (QED) is 0.773. The predicted octanol–water partition coefficient (Wildman–Crippen LogP) is 3.94. The van der Waals surface area contributed by atoms with Crippen LogP contribution in [0.5, 0.6) is 0 Å². The van der Waals surface area contributed by atoms with Gasteiger partial charge >= 0.3 is 0 Å². The lowest BCUT2D eigenvalue weighted by Crippen LogP contribution is -2.22. The lowest BCUT2D eigenvalue weighted by Gasteiger charge is -2.20. The number of nitrogens with zero attached hydrogens (tertiary/aromatic N) is 3. The molecule has 126 valence electrons. The van der Waals surface area contributed by atoms with E-state index in [1.807, 2.05) is 12.1 Å². The van der Waals surface area contributed by atoms with E-state index in [1.54, 1.807) is 35.5 Å². The Hall–Kier alpha value is -2.34. The molecule has 1 atom stereocenters. The van der Waals surface area contributed by atoms with Crippen LogP contribution in [0, 0.1) is 5.82 Å². The van der Waals surface area contributed by atoms with Crippen molar-refractivity contribution in [2.24, 2.45) is 0 Å². The molecule has 0 bridgehead atoms. The van der Waals surface area contributed by atoms with Crippen LogP contribution in [-0.4, -0.2) is 20.0 Å². The molecular formula is C19H15ClFN3O. The Kier molecular flexibility index (Phi) is 4.21. The third-order valence-electron chi connectivity index (χ3n) is 4.37. The molecule has 1 unspecified atom stereocenters. The maximum atomic E-state index is 14.6. The lowest BCUT2D eigenvalue weighted by molar-refractivity contribution is 0.00695. The first kappa shape index (κ1) is 16.1. The summed E-state index contributed by atoms with van der Waals surface area (Å²) >= 11 is 5.94. The van der Waals surface area contributed by atoms with Gasteiger partial charge in [-0.15, -0.1) is 0 Å². The van der Waals surface area contributed by atoms with Gasteiger partial charge in [-0.25, -0.2) is 4.39 Å². The Labute approximate surface area is 149 Å². The van der Waals surface area contributed by atoms with Crippen molar-refractivity contribution in [2.75, 3.05) is 0 Å². The van der Waals surface area contributed by atoms with E-state index in [1.165, 1.54) is 12.3 Å². The number of hydrogen-bond donors (Lipinski definition) is 1. The molecular weight excluding hydrogens is 341 g/mol. The molecule has 1 aromatic carbocycles. The highest BCUT2D eigenvalue weighted by Gasteiger charge is 2.29. The minimum atomic E-state index is -0.764. The van der Waals surface area contributed by atoms with E-state index >= 15 is 0 Å². The van der Waals surface area contributed by atoms with Gasteiger partial charge in [0.25, 0.3) is 0 Å². The predicted molar refractivity (Wildman–Crippen MR) is 93.1 cm³/mol. The number of hydrogen-bond acceptors (Lipinski definition) is 4. The zero-order chi connectivity index (χ0) is 17.4. The van der Waals surface area contributed by atoms with Crippen LogP contribution < -0.4 is 0 Å². The summed E-state index contributed by atoms with van der Waals surface area (Å²) in [5.74, 6) is -0.325. The molecule has 0 spiro atoms. The molecule has 25 heavy (non-hydrogen) atoms. The van der Waals surface area contributed by atoms with Gasteiger partial charge in [-0.2, -0.15) is 0 Å². The van der Waals surface area contributed by atoms with E-state index in [-0.39, 0.29) is 5.82 Å². The summed E-state index contributed by atoms with van der Waals surface area (Å²) in [4.78, 5) is 10.1.